The average Bonchev–Trinajstić information content (AvgIpc) is 2.85. The molecule has 6 nitrogen and oxygen atoms in total. The maximum atomic E-state index is 12.3. The minimum absolute atomic E-state index is 0.242. The van der Waals surface area contributed by atoms with Crippen LogP contribution in [0.15, 0.2) is 53.5 Å². The van der Waals surface area contributed by atoms with E-state index in [2.05, 4.69) is 16.2 Å². The van der Waals surface area contributed by atoms with Crippen molar-refractivity contribution in [3.63, 3.8) is 0 Å². The first kappa shape index (κ1) is 13.8. The second-order valence-corrected chi connectivity index (χ2v) is 4.81. The van der Waals surface area contributed by atoms with Gasteiger partial charge in [0.25, 0.3) is 0 Å². The molecule has 0 radical (unpaired) electrons. The molecule has 6 heteroatoms. The van der Waals surface area contributed by atoms with E-state index in [1.165, 1.54) is 9.25 Å². The number of nitriles is 1. The third-order valence-corrected chi connectivity index (χ3v) is 3.39. The van der Waals surface area contributed by atoms with Gasteiger partial charge in [0.2, 0.25) is 0 Å². The van der Waals surface area contributed by atoms with Crippen LogP contribution in [0.1, 0.15) is 11.1 Å². The first-order chi connectivity index (χ1) is 10.7. The second kappa shape index (κ2) is 5.66. The van der Waals surface area contributed by atoms with Crippen LogP contribution >= 0.6 is 0 Å². The smallest absolute Gasteiger partial charge is 0.277 e. The Bertz CT molecular complexity index is 902. The molecule has 0 aliphatic heterocycles. The molecule has 3 rings (SSSR count). The van der Waals surface area contributed by atoms with E-state index in [-0.39, 0.29) is 12.2 Å². The first-order valence-corrected chi connectivity index (χ1v) is 6.74. The average molecular weight is 291 g/mol. The Kier molecular flexibility index (Phi) is 3.54. The Morgan fingerprint density at radius 3 is 2.68 bits per heavy atom. The normalized spacial score (nSPS) is 10.4. The zero-order valence-corrected chi connectivity index (χ0v) is 12.0. The molecule has 2 heterocycles. The molecular formula is C16H13N5O. The Hall–Kier alpha value is -3.20. The Morgan fingerprint density at radius 1 is 1.18 bits per heavy atom. The van der Waals surface area contributed by atoms with E-state index in [0.717, 1.165) is 5.56 Å². The summed E-state index contributed by atoms with van der Waals surface area (Å²) in [6, 6.07) is 14.8. The highest BCUT2D eigenvalue weighted by Crippen LogP contribution is 2.12. The third kappa shape index (κ3) is 2.40. The van der Waals surface area contributed by atoms with Crippen molar-refractivity contribution >= 4 is 0 Å². The van der Waals surface area contributed by atoms with Gasteiger partial charge in [0, 0.05) is 13.2 Å². The largest absolute Gasteiger partial charge is 0.346 e. The highest BCUT2D eigenvalue weighted by atomic mass is 16.2. The van der Waals surface area contributed by atoms with Crippen LogP contribution in [0.4, 0.5) is 0 Å². The molecule has 3 aromatic rings. The molecule has 0 fully saturated rings. The van der Waals surface area contributed by atoms with Gasteiger partial charge >= 0.3 is 5.69 Å². The van der Waals surface area contributed by atoms with Crippen LogP contribution in [-0.2, 0) is 13.6 Å². The van der Waals surface area contributed by atoms with Crippen LogP contribution in [0.3, 0.4) is 0 Å². The van der Waals surface area contributed by atoms with Gasteiger partial charge in [0.05, 0.1) is 18.2 Å². The summed E-state index contributed by atoms with van der Waals surface area (Å²) in [5.41, 5.74) is 1.69. The number of nitrogens with zero attached hydrogens (tertiary/aromatic N) is 5. The fraction of sp³-hybridized carbons (Fsp3) is 0.125. The lowest BCUT2D eigenvalue weighted by atomic mass is 10.1. The molecule has 1 aromatic carbocycles. The van der Waals surface area contributed by atoms with E-state index < -0.39 is 0 Å². The third-order valence-electron chi connectivity index (χ3n) is 3.39. The minimum atomic E-state index is -0.242. The number of rotatable bonds is 3. The van der Waals surface area contributed by atoms with Gasteiger partial charge in [-0.25, -0.2) is 9.48 Å². The summed E-state index contributed by atoms with van der Waals surface area (Å²) in [5.74, 6) is 0.500. The molecule has 108 valence electrons. The lowest BCUT2D eigenvalue weighted by Gasteiger charge is -2.02. The van der Waals surface area contributed by atoms with E-state index in [9.17, 15) is 4.79 Å². The Morgan fingerprint density at radius 2 is 1.95 bits per heavy atom. The second-order valence-electron chi connectivity index (χ2n) is 4.81. The van der Waals surface area contributed by atoms with Crippen molar-refractivity contribution in [3.05, 3.63) is 70.3 Å². The number of aromatic nitrogens is 4. The number of hydrogen-bond acceptors (Lipinski definition) is 4. The monoisotopic (exact) mass is 291 g/mol. The van der Waals surface area contributed by atoms with Crippen LogP contribution in [0.25, 0.3) is 11.5 Å². The minimum Gasteiger partial charge on any atom is -0.277 e. The number of pyridine rings is 1. The van der Waals surface area contributed by atoms with Crippen LogP contribution in [0.2, 0.25) is 0 Å². The van der Waals surface area contributed by atoms with Gasteiger partial charge in [-0.05, 0) is 23.8 Å². The molecule has 0 amide bonds. The van der Waals surface area contributed by atoms with Crippen LogP contribution < -0.4 is 5.69 Å². The van der Waals surface area contributed by atoms with E-state index in [1.54, 1.807) is 31.4 Å². The van der Waals surface area contributed by atoms with Gasteiger partial charge in [-0.15, -0.1) is 5.10 Å². The number of hydrogen-bond donors (Lipinski definition) is 0. The van der Waals surface area contributed by atoms with E-state index in [4.69, 9.17) is 5.26 Å². The van der Waals surface area contributed by atoms with Crippen molar-refractivity contribution in [1.29, 1.82) is 5.26 Å². The number of benzene rings is 1. The van der Waals surface area contributed by atoms with Crippen molar-refractivity contribution in [3.8, 4) is 17.6 Å². The van der Waals surface area contributed by atoms with Crippen molar-refractivity contribution in [2.45, 2.75) is 6.54 Å². The topological polar surface area (TPSA) is 76.5 Å². The quantitative estimate of drug-likeness (QED) is 0.734. The van der Waals surface area contributed by atoms with Gasteiger partial charge in [0.1, 0.15) is 5.69 Å². The van der Waals surface area contributed by atoms with Gasteiger partial charge in [-0.1, -0.05) is 24.3 Å². The van der Waals surface area contributed by atoms with E-state index in [0.29, 0.717) is 17.1 Å². The molecule has 0 N–H and O–H groups in total. The standard InChI is InChI=1S/C16H13N5O/c1-20-15(14-8-4-5-9-18-14)19-21(16(20)22)11-13-7-3-2-6-12(13)10-17/h2-9H,11H2,1H3. The van der Waals surface area contributed by atoms with E-state index >= 15 is 0 Å². The van der Waals surface area contributed by atoms with Crippen LogP contribution in [0, 0.1) is 11.3 Å². The lowest BCUT2D eigenvalue weighted by molar-refractivity contribution is 0.646. The zero-order valence-electron chi connectivity index (χ0n) is 12.0. The lowest BCUT2D eigenvalue weighted by Crippen LogP contribution is -2.24. The van der Waals surface area contributed by atoms with Gasteiger partial charge in [-0.2, -0.15) is 5.26 Å². The summed E-state index contributed by atoms with van der Waals surface area (Å²) in [7, 11) is 1.66. The summed E-state index contributed by atoms with van der Waals surface area (Å²) < 4.78 is 2.80. The predicted molar refractivity (Wildman–Crippen MR) is 81.0 cm³/mol. The van der Waals surface area contributed by atoms with Gasteiger partial charge in [-0.3, -0.25) is 9.55 Å². The van der Waals surface area contributed by atoms with Crippen LogP contribution in [-0.4, -0.2) is 19.3 Å². The summed E-state index contributed by atoms with van der Waals surface area (Å²) in [5, 5.41) is 13.5. The molecule has 0 atom stereocenters. The molecule has 0 aliphatic rings. The Balaban J connectivity index is 2.03. The Labute approximate surface area is 126 Å². The van der Waals surface area contributed by atoms with Gasteiger partial charge in [0.15, 0.2) is 5.82 Å². The summed E-state index contributed by atoms with van der Waals surface area (Å²) in [4.78, 5) is 16.5. The molecule has 2 aromatic heterocycles. The highest BCUT2D eigenvalue weighted by molar-refractivity contribution is 5.48. The molecule has 0 unspecified atom stereocenters. The summed E-state index contributed by atoms with van der Waals surface area (Å²) in [6.45, 7) is 0.253. The molecule has 22 heavy (non-hydrogen) atoms. The highest BCUT2D eigenvalue weighted by Gasteiger charge is 2.14. The SMILES string of the molecule is Cn1c(-c2ccccn2)nn(Cc2ccccc2C#N)c1=O. The summed E-state index contributed by atoms with van der Waals surface area (Å²) in [6.07, 6.45) is 1.66. The predicted octanol–water partition coefficient (Wildman–Crippen LogP) is 1.56. The first-order valence-electron chi connectivity index (χ1n) is 6.74. The van der Waals surface area contributed by atoms with E-state index in [1.807, 2.05) is 24.3 Å². The molecule has 0 saturated heterocycles. The van der Waals surface area contributed by atoms with Crippen LogP contribution in [0.5, 0.6) is 0 Å². The molecule has 0 spiro atoms. The fourth-order valence-corrected chi connectivity index (χ4v) is 2.24. The fourth-order valence-electron chi connectivity index (χ4n) is 2.24. The maximum Gasteiger partial charge on any atom is 0.346 e. The zero-order chi connectivity index (χ0) is 15.5. The molecule has 0 bridgehead atoms. The van der Waals surface area contributed by atoms with Crippen molar-refractivity contribution in [1.82, 2.24) is 19.3 Å². The van der Waals surface area contributed by atoms with Crippen molar-refractivity contribution in [2.24, 2.45) is 7.05 Å². The summed E-state index contributed by atoms with van der Waals surface area (Å²) >= 11 is 0. The van der Waals surface area contributed by atoms with Gasteiger partial charge < -0.3 is 0 Å². The van der Waals surface area contributed by atoms with Crippen molar-refractivity contribution in [2.75, 3.05) is 0 Å². The molecular weight excluding hydrogens is 278 g/mol. The molecule has 0 saturated carbocycles. The van der Waals surface area contributed by atoms with Crippen molar-refractivity contribution < 1.29 is 0 Å². The maximum absolute atomic E-state index is 12.3. The molecule has 0 aliphatic carbocycles.